The first-order chi connectivity index (χ1) is 13.6. The average molecular weight is 381 g/mol. The van der Waals surface area contributed by atoms with Crippen LogP contribution in [0.4, 0.5) is 4.79 Å². The highest BCUT2D eigenvalue weighted by atomic mass is 16.6. The zero-order valence-electron chi connectivity index (χ0n) is 16.1. The minimum atomic E-state index is -0.407. The van der Waals surface area contributed by atoms with Gasteiger partial charge in [0.2, 0.25) is 0 Å². The molecule has 28 heavy (non-hydrogen) atoms. The zero-order valence-corrected chi connectivity index (χ0v) is 16.1. The van der Waals surface area contributed by atoms with Gasteiger partial charge in [0.05, 0.1) is 18.8 Å². The molecule has 0 aliphatic carbocycles. The van der Waals surface area contributed by atoms with Gasteiger partial charge in [-0.3, -0.25) is 14.7 Å². The van der Waals surface area contributed by atoms with E-state index in [1.165, 1.54) is 0 Å². The third kappa shape index (κ3) is 2.96. The summed E-state index contributed by atoms with van der Waals surface area (Å²) in [5, 5.41) is 0. The summed E-state index contributed by atoms with van der Waals surface area (Å²) in [6.45, 7) is 3.88. The van der Waals surface area contributed by atoms with E-state index in [9.17, 15) is 9.59 Å². The molecular weight excluding hydrogens is 358 g/mol. The van der Waals surface area contributed by atoms with Crippen LogP contribution in [0.5, 0.6) is 5.75 Å². The Morgan fingerprint density at radius 1 is 1.25 bits per heavy atom. The Balaban J connectivity index is 1.54. The summed E-state index contributed by atoms with van der Waals surface area (Å²) < 4.78 is 10.6. The lowest BCUT2D eigenvalue weighted by Crippen LogP contribution is -2.62. The van der Waals surface area contributed by atoms with Crippen LogP contribution < -0.4 is 4.74 Å². The molecule has 0 radical (unpaired) electrons. The van der Waals surface area contributed by atoms with Crippen molar-refractivity contribution in [3.63, 3.8) is 0 Å². The van der Waals surface area contributed by atoms with Crippen LogP contribution in [0, 0.1) is 0 Å². The van der Waals surface area contributed by atoms with Crippen molar-refractivity contribution in [1.29, 1.82) is 0 Å². The van der Waals surface area contributed by atoms with Gasteiger partial charge in [0, 0.05) is 37.0 Å². The van der Waals surface area contributed by atoms with Crippen molar-refractivity contribution in [3.8, 4) is 16.9 Å². The molecule has 7 nitrogen and oxygen atoms in total. The van der Waals surface area contributed by atoms with Gasteiger partial charge in [-0.2, -0.15) is 0 Å². The van der Waals surface area contributed by atoms with Crippen LogP contribution in [-0.4, -0.2) is 65.7 Å². The number of cyclic esters (lactones) is 1. The molecule has 0 N–H and O–H groups in total. The SMILES string of the molecule is CCC12COC(=O)N1CCN(C(=O)c1ccc(-c3ccncc3OC)cc1)C2. The van der Waals surface area contributed by atoms with Gasteiger partial charge in [0.25, 0.3) is 5.91 Å². The van der Waals surface area contributed by atoms with Crippen LogP contribution in [0.3, 0.4) is 0 Å². The molecule has 1 aromatic heterocycles. The molecule has 1 atom stereocenters. The predicted octanol–water partition coefficient (Wildman–Crippen LogP) is 2.81. The van der Waals surface area contributed by atoms with E-state index in [4.69, 9.17) is 9.47 Å². The number of pyridine rings is 1. The Bertz CT molecular complexity index is 899. The number of hydrogen-bond donors (Lipinski definition) is 0. The molecule has 2 aromatic rings. The van der Waals surface area contributed by atoms with E-state index in [1.54, 1.807) is 24.4 Å². The lowest BCUT2D eigenvalue weighted by molar-refractivity contribution is 0.0362. The van der Waals surface area contributed by atoms with E-state index in [-0.39, 0.29) is 12.0 Å². The molecule has 2 fully saturated rings. The number of nitrogens with zero attached hydrogens (tertiary/aromatic N) is 3. The monoisotopic (exact) mass is 381 g/mol. The number of rotatable bonds is 4. The summed E-state index contributed by atoms with van der Waals surface area (Å²) in [5.41, 5.74) is 2.11. The number of carbonyl (C=O) groups is 2. The Kier molecular flexibility index (Phi) is 4.66. The molecule has 4 rings (SSSR count). The first-order valence-electron chi connectivity index (χ1n) is 9.40. The highest BCUT2D eigenvalue weighted by molar-refractivity contribution is 5.95. The number of carbonyl (C=O) groups excluding carboxylic acids is 2. The van der Waals surface area contributed by atoms with Crippen molar-refractivity contribution in [2.24, 2.45) is 0 Å². The molecule has 0 saturated carbocycles. The molecule has 2 saturated heterocycles. The largest absolute Gasteiger partial charge is 0.494 e. The van der Waals surface area contributed by atoms with Gasteiger partial charge in [-0.05, 0) is 30.2 Å². The van der Waals surface area contributed by atoms with Crippen LogP contribution in [-0.2, 0) is 4.74 Å². The summed E-state index contributed by atoms with van der Waals surface area (Å²) >= 11 is 0. The fourth-order valence-corrected chi connectivity index (χ4v) is 3.99. The van der Waals surface area contributed by atoms with Crippen molar-refractivity contribution in [2.75, 3.05) is 33.4 Å². The average Bonchev–Trinajstić information content (AvgIpc) is 3.10. The molecule has 2 amide bonds. The van der Waals surface area contributed by atoms with Gasteiger partial charge < -0.3 is 14.4 Å². The molecule has 3 heterocycles. The lowest BCUT2D eigenvalue weighted by Gasteiger charge is -2.44. The number of piperazine rings is 1. The molecule has 1 aromatic carbocycles. The molecule has 146 valence electrons. The maximum absolute atomic E-state index is 13.0. The number of amides is 2. The summed E-state index contributed by atoms with van der Waals surface area (Å²) in [4.78, 5) is 32.6. The summed E-state index contributed by atoms with van der Waals surface area (Å²) in [6, 6.07) is 9.38. The summed E-state index contributed by atoms with van der Waals surface area (Å²) in [5.74, 6) is 0.661. The smallest absolute Gasteiger partial charge is 0.410 e. The van der Waals surface area contributed by atoms with Crippen molar-refractivity contribution in [3.05, 3.63) is 48.3 Å². The van der Waals surface area contributed by atoms with Crippen LogP contribution in [0.25, 0.3) is 11.1 Å². The fraction of sp³-hybridized carbons (Fsp3) is 0.381. The maximum Gasteiger partial charge on any atom is 0.410 e. The number of hydrogen-bond acceptors (Lipinski definition) is 5. The minimum Gasteiger partial charge on any atom is -0.494 e. The Hall–Kier alpha value is -3.09. The van der Waals surface area contributed by atoms with E-state index < -0.39 is 5.54 Å². The van der Waals surface area contributed by atoms with Gasteiger partial charge >= 0.3 is 6.09 Å². The minimum absolute atomic E-state index is 0.0277. The highest BCUT2D eigenvalue weighted by Gasteiger charge is 2.50. The first-order valence-corrected chi connectivity index (χ1v) is 9.40. The van der Waals surface area contributed by atoms with Crippen LogP contribution in [0.1, 0.15) is 23.7 Å². The third-order valence-electron chi connectivity index (χ3n) is 5.73. The summed E-state index contributed by atoms with van der Waals surface area (Å²) in [7, 11) is 1.61. The van der Waals surface area contributed by atoms with Crippen LogP contribution in [0.15, 0.2) is 42.7 Å². The highest BCUT2D eigenvalue weighted by Crippen LogP contribution is 2.33. The standard InChI is InChI=1S/C21H23N3O4/c1-3-21-13-23(10-11-24(21)20(26)28-14-21)19(25)16-6-4-15(5-7-16)17-8-9-22-12-18(17)27-2/h4-9,12H,3,10-11,13-14H2,1-2H3. The normalized spacial score (nSPS) is 21.3. The van der Waals surface area contributed by atoms with Gasteiger partial charge in [-0.25, -0.2) is 4.79 Å². The van der Waals surface area contributed by atoms with Gasteiger partial charge in [0.15, 0.2) is 0 Å². The van der Waals surface area contributed by atoms with E-state index in [2.05, 4.69) is 4.98 Å². The number of ether oxygens (including phenoxy) is 2. The quantitative estimate of drug-likeness (QED) is 0.814. The topological polar surface area (TPSA) is 72.0 Å². The predicted molar refractivity (Wildman–Crippen MR) is 103 cm³/mol. The molecule has 0 bridgehead atoms. The van der Waals surface area contributed by atoms with E-state index in [1.807, 2.05) is 42.2 Å². The van der Waals surface area contributed by atoms with Crippen LogP contribution >= 0.6 is 0 Å². The molecule has 2 aliphatic rings. The van der Waals surface area contributed by atoms with Crippen LogP contribution in [0.2, 0.25) is 0 Å². The van der Waals surface area contributed by atoms with Crippen molar-refractivity contribution in [2.45, 2.75) is 18.9 Å². The zero-order chi connectivity index (χ0) is 19.7. The summed E-state index contributed by atoms with van der Waals surface area (Å²) in [6.07, 6.45) is 3.86. The van der Waals surface area contributed by atoms with E-state index in [0.29, 0.717) is 37.6 Å². The van der Waals surface area contributed by atoms with Gasteiger partial charge in [-0.15, -0.1) is 0 Å². The maximum atomic E-state index is 13.0. The Morgan fingerprint density at radius 2 is 2.04 bits per heavy atom. The molecule has 7 heteroatoms. The van der Waals surface area contributed by atoms with Gasteiger partial charge in [-0.1, -0.05) is 19.1 Å². The Labute approximate surface area is 163 Å². The lowest BCUT2D eigenvalue weighted by atomic mass is 9.92. The Morgan fingerprint density at radius 3 is 2.75 bits per heavy atom. The second-order valence-electron chi connectivity index (χ2n) is 7.16. The van der Waals surface area contributed by atoms with Crippen molar-refractivity contribution in [1.82, 2.24) is 14.8 Å². The number of benzene rings is 1. The van der Waals surface area contributed by atoms with E-state index in [0.717, 1.165) is 17.5 Å². The molecular formula is C21H23N3O4. The molecule has 0 spiro atoms. The number of methoxy groups -OCH3 is 1. The first kappa shape index (κ1) is 18.3. The second-order valence-corrected chi connectivity index (χ2v) is 7.16. The third-order valence-corrected chi connectivity index (χ3v) is 5.73. The number of fused-ring (bicyclic) bond motifs is 1. The van der Waals surface area contributed by atoms with E-state index >= 15 is 0 Å². The number of aromatic nitrogens is 1. The van der Waals surface area contributed by atoms with Crippen molar-refractivity contribution >= 4 is 12.0 Å². The second kappa shape index (κ2) is 7.14. The van der Waals surface area contributed by atoms with Gasteiger partial charge in [0.1, 0.15) is 12.4 Å². The molecule has 1 unspecified atom stereocenters. The fourth-order valence-electron chi connectivity index (χ4n) is 3.99. The molecule has 2 aliphatic heterocycles. The van der Waals surface area contributed by atoms with Crippen molar-refractivity contribution < 1.29 is 19.1 Å².